The number of hydrogen-bond acceptors (Lipinski definition) is 12. The molecule has 0 unspecified atom stereocenters. The van der Waals surface area contributed by atoms with Gasteiger partial charge in [-0.3, -0.25) is 22.8 Å². The van der Waals surface area contributed by atoms with E-state index in [1.165, 1.54) is 53.7 Å². The second-order valence-corrected chi connectivity index (χ2v) is 21.3. The Labute approximate surface area is 324 Å². The Hall–Kier alpha value is -3.85. The first-order chi connectivity index (χ1) is 25.3. The molecular weight excluding hydrogens is 845 g/mol. The van der Waals surface area contributed by atoms with Gasteiger partial charge in [0.15, 0.2) is 5.71 Å². The van der Waals surface area contributed by atoms with Crippen molar-refractivity contribution in [1.29, 1.82) is 0 Å². The molecule has 56 heavy (non-hydrogen) atoms. The largest absolute Gasteiger partial charge is 0.478 e. The molecule has 308 valence electrons. The summed E-state index contributed by atoms with van der Waals surface area (Å²) in [6.07, 6.45) is 6.91. The van der Waals surface area contributed by atoms with Crippen LogP contribution in [0.3, 0.4) is 0 Å². The number of carbonyl (C=O) groups is 1. The van der Waals surface area contributed by atoms with Crippen LogP contribution in [0.15, 0.2) is 75.0 Å². The Morgan fingerprint density at radius 3 is 1.77 bits per heavy atom. The van der Waals surface area contributed by atoms with E-state index < -0.39 is 99.1 Å². The van der Waals surface area contributed by atoms with E-state index in [4.69, 9.17) is 0 Å². The van der Waals surface area contributed by atoms with Gasteiger partial charge in [-0.05, 0) is 44.5 Å². The average molecular weight is 884 g/mol. The van der Waals surface area contributed by atoms with Gasteiger partial charge in [-0.1, -0.05) is 32.1 Å². The number of carboxylic acids is 1. The number of rotatable bonds is 15. The summed E-state index contributed by atoms with van der Waals surface area (Å²) in [4.78, 5) is 11.3. The topological polar surface area (TPSA) is 315 Å². The standard InChI is InChI=1S/C32H38N2O17S5/c1-31(2)26(33(12-8-14-52(37,38)39)23-17-20(54(43,44)45)16-22(28(23)31)30(35)36)10-6-5-7-11-27-32(3,4)29-24(34(27)13-9-15-53(40,41)42)18-21(55(46,47)48)19-25(29)56(49,50)51/h5-7,10-11,16-19H,8-9,12-15H2,1-4H3,(H5-,35,36,37,38,39,40,41,42,43,44,45,46,47,48,49,50,51)/p+1. The van der Waals surface area contributed by atoms with E-state index in [1.54, 1.807) is 13.8 Å². The van der Waals surface area contributed by atoms with Crippen molar-refractivity contribution >= 4 is 73.6 Å². The van der Waals surface area contributed by atoms with Crippen molar-refractivity contribution < 1.29 is 79.3 Å². The van der Waals surface area contributed by atoms with Gasteiger partial charge in [0.05, 0.1) is 32.9 Å². The molecule has 0 atom stereocenters. The lowest BCUT2D eigenvalue weighted by atomic mass is 9.81. The third-order valence-corrected chi connectivity index (χ3v) is 13.4. The number of hydrogen-bond donors (Lipinski definition) is 6. The molecule has 0 aromatic heterocycles. The fraction of sp³-hybridized carbons (Fsp3) is 0.375. The van der Waals surface area contributed by atoms with Gasteiger partial charge in [0.25, 0.3) is 50.6 Å². The highest BCUT2D eigenvalue weighted by Crippen LogP contribution is 2.50. The summed E-state index contributed by atoms with van der Waals surface area (Å²) in [5, 5.41) is 10.0. The smallest absolute Gasteiger partial charge is 0.336 e. The summed E-state index contributed by atoms with van der Waals surface area (Å²) in [5.41, 5.74) is -2.41. The van der Waals surface area contributed by atoms with Crippen LogP contribution in [-0.2, 0) is 61.4 Å². The van der Waals surface area contributed by atoms with Crippen LogP contribution < -0.4 is 4.90 Å². The van der Waals surface area contributed by atoms with Gasteiger partial charge < -0.3 is 10.0 Å². The van der Waals surface area contributed by atoms with Crippen LogP contribution in [0.1, 0.15) is 62.0 Å². The van der Waals surface area contributed by atoms with E-state index in [9.17, 15) is 74.8 Å². The van der Waals surface area contributed by atoms with Crippen molar-refractivity contribution in [2.45, 2.75) is 66.1 Å². The summed E-state index contributed by atoms with van der Waals surface area (Å²) >= 11 is 0. The van der Waals surface area contributed by atoms with Gasteiger partial charge in [-0.25, -0.2) is 4.79 Å². The Morgan fingerprint density at radius 1 is 0.696 bits per heavy atom. The van der Waals surface area contributed by atoms with E-state index in [1.807, 2.05) is 0 Å². The van der Waals surface area contributed by atoms with Gasteiger partial charge >= 0.3 is 5.97 Å². The van der Waals surface area contributed by atoms with Crippen molar-refractivity contribution in [1.82, 2.24) is 0 Å². The molecule has 0 saturated heterocycles. The Morgan fingerprint density at radius 2 is 1.25 bits per heavy atom. The van der Waals surface area contributed by atoms with Crippen molar-refractivity contribution in [2.24, 2.45) is 0 Å². The first-order valence-corrected chi connectivity index (χ1v) is 23.7. The lowest BCUT2D eigenvalue weighted by Gasteiger charge is -2.27. The van der Waals surface area contributed by atoms with Crippen LogP contribution in [-0.4, -0.2) is 111 Å². The zero-order chi connectivity index (χ0) is 42.6. The number of nitrogens with zero attached hydrogens (tertiary/aromatic N) is 2. The highest BCUT2D eigenvalue weighted by Gasteiger charge is 2.49. The third-order valence-electron chi connectivity index (χ3n) is 9.24. The van der Waals surface area contributed by atoms with E-state index >= 15 is 0 Å². The first kappa shape index (κ1) is 44.9. The molecule has 0 amide bonds. The van der Waals surface area contributed by atoms with Crippen LogP contribution in [0.2, 0.25) is 0 Å². The van der Waals surface area contributed by atoms with Crippen LogP contribution >= 0.6 is 0 Å². The number of carboxylic acid groups (broad SMARTS) is 1. The maximum absolute atomic E-state index is 12.5. The number of aromatic carboxylic acids is 1. The molecule has 2 aromatic carbocycles. The number of fused-ring (bicyclic) bond motifs is 2. The monoisotopic (exact) mass is 883 g/mol. The summed E-state index contributed by atoms with van der Waals surface area (Å²) in [5.74, 6) is -2.95. The molecule has 0 aliphatic carbocycles. The highest BCUT2D eigenvalue weighted by atomic mass is 32.2. The maximum atomic E-state index is 12.5. The SMILES string of the molecule is CC1(C)C(/C=C/C=C/C=C2/N(CCCS(=O)(=O)O)c3cc(S(=O)(=O)O)cc(C(=O)O)c3C2(C)C)=[N+](CCCS(=O)(=O)O)c2cc(S(=O)(=O)O)cc(S(=O)(=O)O)c21. The van der Waals surface area contributed by atoms with Crippen molar-refractivity contribution in [3.63, 3.8) is 0 Å². The lowest BCUT2D eigenvalue weighted by molar-refractivity contribution is -0.437. The maximum Gasteiger partial charge on any atom is 0.336 e. The fourth-order valence-electron chi connectivity index (χ4n) is 6.99. The normalized spacial score (nSPS) is 18.0. The fourth-order valence-corrected chi connectivity index (χ4v) is 10.0. The van der Waals surface area contributed by atoms with Gasteiger partial charge in [0.2, 0.25) is 5.69 Å². The molecule has 2 heterocycles. The first-order valence-electron chi connectivity index (χ1n) is 16.2. The van der Waals surface area contributed by atoms with E-state index in [2.05, 4.69) is 0 Å². The van der Waals surface area contributed by atoms with Crippen LogP contribution in [0, 0.1) is 0 Å². The minimum atomic E-state index is -5.12. The summed E-state index contributed by atoms with van der Waals surface area (Å²) in [6, 6.07) is 3.37. The average Bonchev–Trinajstić information content (AvgIpc) is 3.36. The predicted octanol–water partition coefficient (Wildman–Crippen LogP) is 2.85. The van der Waals surface area contributed by atoms with Crippen molar-refractivity contribution in [3.05, 3.63) is 77.0 Å². The minimum absolute atomic E-state index is 0.0357. The predicted molar refractivity (Wildman–Crippen MR) is 201 cm³/mol. The lowest BCUT2D eigenvalue weighted by Crippen LogP contribution is -2.29. The van der Waals surface area contributed by atoms with E-state index in [-0.39, 0.29) is 54.1 Å². The number of anilines is 1. The molecule has 0 fully saturated rings. The van der Waals surface area contributed by atoms with E-state index in [0.29, 0.717) is 11.8 Å². The molecule has 2 aromatic rings. The summed E-state index contributed by atoms with van der Waals surface area (Å²) in [7, 11) is -24.0. The zero-order valence-electron chi connectivity index (χ0n) is 30.0. The molecule has 0 radical (unpaired) electrons. The van der Waals surface area contributed by atoms with Crippen LogP contribution in [0.25, 0.3) is 0 Å². The van der Waals surface area contributed by atoms with Crippen molar-refractivity contribution in [3.8, 4) is 0 Å². The molecule has 24 heteroatoms. The minimum Gasteiger partial charge on any atom is -0.478 e. The number of allylic oxidation sites excluding steroid dienone is 6. The molecule has 2 aliphatic heterocycles. The molecule has 6 N–H and O–H groups in total. The molecule has 0 bridgehead atoms. The van der Waals surface area contributed by atoms with Crippen molar-refractivity contribution in [2.75, 3.05) is 29.5 Å². The Bertz CT molecular complexity index is 2690. The van der Waals surface area contributed by atoms with Crippen LogP contribution in [0.5, 0.6) is 0 Å². The van der Waals surface area contributed by atoms with Gasteiger partial charge in [0, 0.05) is 47.5 Å². The molecule has 0 spiro atoms. The molecule has 2 aliphatic rings. The quantitative estimate of drug-likeness (QED) is 0.0851. The molecular formula is C32H39N2O17S5+. The van der Waals surface area contributed by atoms with E-state index in [0.717, 1.165) is 18.2 Å². The number of benzene rings is 2. The second kappa shape index (κ2) is 15.1. The molecule has 0 saturated carbocycles. The third kappa shape index (κ3) is 9.63. The molecule has 19 nitrogen and oxygen atoms in total. The Balaban J connectivity index is 1.88. The van der Waals surface area contributed by atoms with Gasteiger partial charge in [-0.15, -0.1) is 0 Å². The molecule has 4 rings (SSSR count). The highest BCUT2D eigenvalue weighted by molar-refractivity contribution is 7.87. The van der Waals surface area contributed by atoms with Gasteiger partial charge in [0.1, 0.15) is 16.3 Å². The zero-order valence-corrected chi connectivity index (χ0v) is 34.1. The van der Waals surface area contributed by atoms with Gasteiger partial charge in [-0.2, -0.15) is 46.7 Å². The van der Waals surface area contributed by atoms with Crippen LogP contribution in [0.4, 0.5) is 11.4 Å². The summed E-state index contributed by atoms with van der Waals surface area (Å²) in [6.45, 7) is 5.92. The Kier molecular flexibility index (Phi) is 12.1. The second-order valence-electron chi connectivity index (χ2n) is 13.9. The summed E-state index contributed by atoms with van der Waals surface area (Å²) < 4.78 is 169.